The summed E-state index contributed by atoms with van der Waals surface area (Å²) < 4.78 is 14.1. The zero-order valence-corrected chi connectivity index (χ0v) is 16.4. The maximum atomic E-state index is 13.0. The molecule has 0 unspecified atom stereocenters. The van der Waals surface area contributed by atoms with Crippen molar-refractivity contribution in [3.8, 4) is 5.69 Å². The van der Waals surface area contributed by atoms with Crippen LogP contribution in [0.15, 0.2) is 59.5 Å². The molecule has 27 heavy (non-hydrogen) atoms. The number of aromatic nitrogens is 1. The van der Waals surface area contributed by atoms with Gasteiger partial charge in [0.1, 0.15) is 0 Å². The van der Waals surface area contributed by atoms with E-state index >= 15 is 0 Å². The van der Waals surface area contributed by atoms with Crippen LogP contribution in [0.5, 0.6) is 0 Å². The smallest absolute Gasteiger partial charge is 0.399 e. The van der Waals surface area contributed by atoms with E-state index in [2.05, 4.69) is 0 Å². The Morgan fingerprint density at radius 1 is 0.889 bits per heavy atom. The first-order valence-electron chi connectivity index (χ1n) is 9.27. The summed E-state index contributed by atoms with van der Waals surface area (Å²) >= 11 is 0. The summed E-state index contributed by atoms with van der Waals surface area (Å²) in [5.74, 6) is 0. The van der Waals surface area contributed by atoms with Gasteiger partial charge < -0.3 is 9.31 Å². The molecule has 1 fully saturated rings. The summed E-state index contributed by atoms with van der Waals surface area (Å²) in [5, 5.41) is 1.65. The van der Waals surface area contributed by atoms with Gasteiger partial charge >= 0.3 is 7.12 Å². The molecular formula is C22H24BNO3. The minimum absolute atomic E-state index is 0.0257. The first kappa shape index (κ1) is 18.0. The first-order chi connectivity index (χ1) is 12.7. The molecule has 2 heterocycles. The van der Waals surface area contributed by atoms with Crippen molar-refractivity contribution in [2.75, 3.05) is 0 Å². The Bertz CT molecular complexity index is 1070. The Labute approximate surface area is 159 Å². The molecule has 2 aromatic carbocycles. The van der Waals surface area contributed by atoms with Crippen LogP contribution in [-0.4, -0.2) is 22.9 Å². The van der Waals surface area contributed by atoms with E-state index in [0.717, 1.165) is 22.1 Å². The second kappa shape index (κ2) is 6.08. The van der Waals surface area contributed by atoms with Crippen LogP contribution >= 0.6 is 0 Å². The summed E-state index contributed by atoms with van der Waals surface area (Å²) in [7, 11) is -0.453. The molecule has 0 bridgehead atoms. The molecule has 0 amide bonds. The minimum Gasteiger partial charge on any atom is -0.399 e. The van der Waals surface area contributed by atoms with E-state index in [1.54, 1.807) is 4.57 Å². The van der Waals surface area contributed by atoms with Crippen LogP contribution in [0.3, 0.4) is 0 Å². The lowest BCUT2D eigenvalue weighted by Gasteiger charge is -2.32. The lowest BCUT2D eigenvalue weighted by atomic mass is 9.76. The van der Waals surface area contributed by atoms with Crippen molar-refractivity contribution in [2.24, 2.45) is 0 Å². The number of pyridine rings is 1. The zero-order valence-electron chi connectivity index (χ0n) is 16.4. The van der Waals surface area contributed by atoms with Gasteiger partial charge in [-0.25, -0.2) is 0 Å². The van der Waals surface area contributed by atoms with E-state index in [1.165, 1.54) is 0 Å². The van der Waals surface area contributed by atoms with E-state index in [0.29, 0.717) is 5.39 Å². The normalized spacial score (nSPS) is 18.2. The number of benzene rings is 2. The van der Waals surface area contributed by atoms with Gasteiger partial charge in [-0.05, 0) is 69.2 Å². The standard InChI is InChI=1S/C22H24BNO3/c1-15-18(23-26-21(2,3)22(4,5)27-23)11-8-12-19(15)24-14-13-16-9-6-7-10-17(16)20(24)25/h6-14H,1-5H3. The van der Waals surface area contributed by atoms with Crippen molar-refractivity contribution in [3.63, 3.8) is 0 Å². The molecule has 1 aliphatic heterocycles. The molecule has 5 heteroatoms. The van der Waals surface area contributed by atoms with Crippen molar-refractivity contribution in [1.82, 2.24) is 4.57 Å². The SMILES string of the molecule is Cc1c(B2OC(C)(C)C(C)(C)O2)cccc1-n1ccc2ccccc2c1=O. The van der Waals surface area contributed by atoms with Gasteiger partial charge in [0, 0.05) is 11.6 Å². The van der Waals surface area contributed by atoms with E-state index in [1.807, 2.05) is 89.3 Å². The Kier molecular flexibility index (Phi) is 4.06. The molecule has 1 aliphatic rings. The quantitative estimate of drug-likeness (QED) is 0.655. The molecule has 0 aliphatic carbocycles. The van der Waals surface area contributed by atoms with Gasteiger partial charge in [0.25, 0.3) is 5.56 Å². The Morgan fingerprint density at radius 2 is 1.56 bits per heavy atom. The zero-order chi connectivity index (χ0) is 19.4. The van der Waals surface area contributed by atoms with Gasteiger partial charge in [-0.15, -0.1) is 0 Å². The second-order valence-electron chi connectivity index (χ2n) is 8.16. The molecule has 0 radical (unpaired) electrons. The molecule has 0 atom stereocenters. The molecular weight excluding hydrogens is 337 g/mol. The monoisotopic (exact) mass is 361 g/mol. The van der Waals surface area contributed by atoms with E-state index in [4.69, 9.17) is 9.31 Å². The minimum atomic E-state index is -0.453. The predicted octanol–water partition coefficient (Wildman–Crippen LogP) is 3.60. The summed E-state index contributed by atoms with van der Waals surface area (Å²) in [6, 6.07) is 15.5. The number of nitrogens with zero attached hydrogens (tertiary/aromatic N) is 1. The highest BCUT2D eigenvalue weighted by Crippen LogP contribution is 2.36. The van der Waals surface area contributed by atoms with E-state index in [-0.39, 0.29) is 5.56 Å². The fourth-order valence-electron chi connectivity index (χ4n) is 3.51. The van der Waals surface area contributed by atoms with Crippen molar-refractivity contribution in [1.29, 1.82) is 0 Å². The summed E-state index contributed by atoms with van der Waals surface area (Å²) in [5.41, 5.74) is 1.94. The van der Waals surface area contributed by atoms with Crippen molar-refractivity contribution < 1.29 is 9.31 Å². The average Bonchev–Trinajstić information content (AvgIpc) is 2.84. The highest BCUT2D eigenvalue weighted by molar-refractivity contribution is 6.62. The molecule has 0 saturated carbocycles. The molecule has 3 aromatic rings. The van der Waals surface area contributed by atoms with Crippen molar-refractivity contribution in [2.45, 2.75) is 45.8 Å². The van der Waals surface area contributed by atoms with Crippen LogP contribution in [0.1, 0.15) is 33.3 Å². The first-order valence-corrected chi connectivity index (χ1v) is 9.27. The topological polar surface area (TPSA) is 40.5 Å². The van der Waals surface area contributed by atoms with Gasteiger partial charge in [-0.1, -0.05) is 30.3 Å². The fraction of sp³-hybridized carbons (Fsp3) is 0.318. The van der Waals surface area contributed by atoms with Crippen LogP contribution in [0.4, 0.5) is 0 Å². The van der Waals surface area contributed by atoms with E-state index in [9.17, 15) is 4.79 Å². The van der Waals surface area contributed by atoms with Crippen LogP contribution in [-0.2, 0) is 9.31 Å². The van der Waals surface area contributed by atoms with Crippen LogP contribution in [0.2, 0.25) is 0 Å². The van der Waals surface area contributed by atoms with Gasteiger partial charge in [0.05, 0.1) is 16.9 Å². The third-order valence-electron chi connectivity index (χ3n) is 5.93. The molecule has 1 aromatic heterocycles. The molecule has 1 saturated heterocycles. The Morgan fingerprint density at radius 3 is 2.26 bits per heavy atom. The predicted molar refractivity (Wildman–Crippen MR) is 110 cm³/mol. The number of fused-ring (bicyclic) bond motifs is 1. The van der Waals surface area contributed by atoms with Gasteiger partial charge in [-0.2, -0.15) is 0 Å². The summed E-state index contributed by atoms with van der Waals surface area (Å²) in [6.07, 6.45) is 1.83. The Balaban J connectivity index is 1.83. The van der Waals surface area contributed by atoms with Gasteiger partial charge in [0.15, 0.2) is 0 Å². The summed E-state index contributed by atoms with van der Waals surface area (Å²) in [4.78, 5) is 13.0. The fourth-order valence-corrected chi connectivity index (χ4v) is 3.51. The van der Waals surface area contributed by atoms with E-state index < -0.39 is 18.3 Å². The summed E-state index contributed by atoms with van der Waals surface area (Å²) in [6.45, 7) is 10.2. The average molecular weight is 361 g/mol. The van der Waals surface area contributed by atoms with Gasteiger partial charge in [0.2, 0.25) is 0 Å². The highest BCUT2D eigenvalue weighted by Gasteiger charge is 2.52. The number of hydrogen-bond acceptors (Lipinski definition) is 3. The van der Waals surface area contributed by atoms with Crippen molar-refractivity contribution >= 4 is 23.4 Å². The molecule has 0 spiro atoms. The third-order valence-corrected chi connectivity index (χ3v) is 5.93. The number of rotatable bonds is 2. The molecule has 138 valence electrons. The molecule has 0 N–H and O–H groups in total. The lowest BCUT2D eigenvalue weighted by molar-refractivity contribution is 0.00578. The molecule has 4 rings (SSSR count). The third kappa shape index (κ3) is 2.82. The van der Waals surface area contributed by atoms with Crippen LogP contribution in [0, 0.1) is 6.92 Å². The Hall–Kier alpha value is -2.37. The highest BCUT2D eigenvalue weighted by atomic mass is 16.7. The maximum Gasteiger partial charge on any atom is 0.495 e. The lowest BCUT2D eigenvalue weighted by Crippen LogP contribution is -2.41. The van der Waals surface area contributed by atoms with Crippen molar-refractivity contribution in [3.05, 3.63) is 70.6 Å². The number of hydrogen-bond donors (Lipinski definition) is 0. The molecule has 4 nitrogen and oxygen atoms in total. The maximum absolute atomic E-state index is 13.0. The van der Waals surface area contributed by atoms with Crippen LogP contribution in [0.25, 0.3) is 16.5 Å². The van der Waals surface area contributed by atoms with Crippen LogP contribution < -0.4 is 11.0 Å². The second-order valence-corrected chi connectivity index (χ2v) is 8.16. The largest absolute Gasteiger partial charge is 0.495 e. The van der Waals surface area contributed by atoms with Gasteiger partial charge in [-0.3, -0.25) is 9.36 Å².